The monoisotopic (exact) mass is 467 g/mol. The topological polar surface area (TPSA) is 21.3 Å². The molecule has 0 radical (unpaired) electrons. The molecule has 0 heterocycles. The number of benzene rings is 3. The maximum absolute atomic E-state index is 13.0. The molecule has 0 bridgehead atoms. The summed E-state index contributed by atoms with van der Waals surface area (Å²) < 4.78 is 19.9. The smallest absolute Gasteiger partial charge is 0.124 e. The average molecular weight is 469 g/mol. The summed E-state index contributed by atoms with van der Waals surface area (Å²) in [5.41, 5.74) is 2.90. The molecule has 0 atom stereocenters. The SMILES string of the molecule is Fc1ccc(CNCc2cc(Br)ccc2OCc2ccc(Cl)cc2Cl)cc1. The zero-order valence-corrected chi connectivity index (χ0v) is 17.4. The quantitative estimate of drug-likeness (QED) is 0.413. The Morgan fingerprint density at radius 3 is 2.41 bits per heavy atom. The molecule has 0 saturated carbocycles. The maximum atomic E-state index is 13.0. The van der Waals surface area contributed by atoms with Crippen LogP contribution in [-0.2, 0) is 19.7 Å². The Labute approximate surface area is 176 Å². The second-order valence-corrected chi connectivity index (χ2v) is 7.77. The van der Waals surface area contributed by atoms with Crippen molar-refractivity contribution in [2.75, 3.05) is 0 Å². The molecule has 0 aliphatic rings. The zero-order valence-electron chi connectivity index (χ0n) is 14.3. The van der Waals surface area contributed by atoms with Crippen LogP contribution in [0.3, 0.4) is 0 Å². The lowest BCUT2D eigenvalue weighted by molar-refractivity contribution is 0.302. The van der Waals surface area contributed by atoms with Gasteiger partial charge in [-0.25, -0.2) is 4.39 Å². The third kappa shape index (κ3) is 5.94. The second-order valence-electron chi connectivity index (χ2n) is 6.01. The molecule has 3 rings (SSSR count). The highest BCUT2D eigenvalue weighted by atomic mass is 79.9. The molecule has 0 aromatic heterocycles. The molecule has 1 N–H and O–H groups in total. The highest BCUT2D eigenvalue weighted by Crippen LogP contribution is 2.26. The highest BCUT2D eigenvalue weighted by molar-refractivity contribution is 9.10. The van der Waals surface area contributed by atoms with Crippen LogP contribution < -0.4 is 10.1 Å². The lowest BCUT2D eigenvalue weighted by Gasteiger charge is -2.14. The molecule has 2 nitrogen and oxygen atoms in total. The van der Waals surface area contributed by atoms with E-state index in [9.17, 15) is 4.39 Å². The molecule has 0 unspecified atom stereocenters. The van der Waals surface area contributed by atoms with Gasteiger partial charge in [0.2, 0.25) is 0 Å². The van der Waals surface area contributed by atoms with Gasteiger partial charge >= 0.3 is 0 Å². The van der Waals surface area contributed by atoms with E-state index in [1.807, 2.05) is 24.3 Å². The van der Waals surface area contributed by atoms with E-state index >= 15 is 0 Å². The van der Waals surface area contributed by atoms with Gasteiger partial charge in [-0.05, 0) is 48.0 Å². The van der Waals surface area contributed by atoms with Crippen molar-refractivity contribution in [3.05, 3.63) is 97.7 Å². The van der Waals surface area contributed by atoms with E-state index < -0.39 is 0 Å². The molecule has 0 saturated heterocycles. The Bertz CT molecular complexity index is 919. The van der Waals surface area contributed by atoms with Gasteiger partial charge in [-0.1, -0.05) is 57.3 Å². The minimum atomic E-state index is -0.234. The molecule has 0 aliphatic heterocycles. The number of ether oxygens (including phenoxy) is 1. The first-order valence-corrected chi connectivity index (χ1v) is 9.86. The van der Waals surface area contributed by atoms with Gasteiger partial charge in [-0.2, -0.15) is 0 Å². The van der Waals surface area contributed by atoms with Crippen molar-refractivity contribution in [3.63, 3.8) is 0 Å². The van der Waals surface area contributed by atoms with Crippen LogP contribution in [0, 0.1) is 5.82 Å². The fourth-order valence-corrected chi connectivity index (χ4v) is 3.44. The van der Waals surface area contributed by atoms with Crippen LogP contribution in [0.15, 0.2) is 65.1 Å². The van der Waals surface area contributed by atoms with Gasteiger partial charge in [0.05, 0.1) is 0 Å². The summed E-state index contributed by atoms with van der Waals surface area (Å²) in [6.07, 6.45) is 0. The molecular weight excluding hydrogens is 452 g/mol. The van der Waals surface area contributed by atoms with E-state index in [2.05, 4.69) is 21.2 Å². The molecule has 140 valence electrons. The lowest BCUT2D eigenvalue weighted by Crippen LogP contribution is -2.13. The maximum Gasteiger partial charge on any atom is 0.124 e. The van der Waals surface area contributed by atoms with Crippen molar-refractivity contribution in [1.82, 2.24) is 5.32 Å². The third-order valence-corrected chi connectivity index (χ3v) is 5.06. The van der Waals surface area contributed by atoms with Crippen LogP contribution in [0.5, 0.6) is 5.75 Å². The summed E-state index contributed by atoms with van der Waals surface area (Å²) in [4.78, 5) is 0. The van der Waals surface area contributed by atoms with Gasteiger partial charge in [0.1, 0.15) is 18.2 Å². The van der Waals surface area contributed by atoms with E-state index in [0.29, 0.717) is 29.7 Å². The molecule has 0 spiro atoms. The van der Waals surface area contributed by atoms with Crippen LogP contribution in [0.4, 0.5) is 4.39 Å². The fourth-order valence-electron chi connectivity index (χ4n) is 2.56. The van der Waals surface area contributed by atoms with Crippen LogP contribution >= 0.6 is 39.1 Å². The summed E-state index contributed by atoms with van der Waals surface area (Å²) in [6, 6.07) is 17.7. The van der Waals surface area contributed by atoms with E-state index in [4.69, 9.17) is 27.9 Å². The van der Waals surface area contributed by atoms with Crippen molar-refractivity contribution in [1.29, 1.82) is 0 Å². The Kier molecular flexibility index (Phi) is 7.13. The van der Waals surface area contributed by atoms with Crippen molar-refractivity contribution >= 4 is 39.1 Å². The van der Waals surface area contributed by atoms with E-state index in [1.165, 1.54) is 12.1 Å². The van der Waals surface area contributed by atoms with Gasteiger partial charge in [0.25, 0.3) is 0 Å². The minimum absolute atomic E-state index is 0.234. The number of hydrogen-bond acceptors (Lipinski definition) is 2. The molecule has 0 aliphatic carbocycles. The zero-order chi connectivity index (χ0) is 19.2. The molecule has 0 amide bonds. The number of hydrogen-bond donors (Lipinski definition) is 1. The van der Waals surface area contributed by atoms with Gasteiger partial charge in [0.15, 0.2) is 0 Å². The van der Waals surface area contributed by atoms with E-state index in [1.54, 1.807) is 24.3 Å². The Morgan fingerprint density at radius 1 is 0.889 bits per heavy atom. The van der Waals surface area contributed by atoms with Gasteiger partial charge in [-0.3, -0.25) is 0 Å². The largest absolute Gasteiger partial charge is 0.489 e. The van der Waals surface area contributed by atoms with Gasteiger partial charge in [-0.15, -0.1) is 0 Å². The summed E-state index contributed by atoms with van der Waals surface area (Å²) in [7, 11) is 0. The highest BCUT2D eigenvalue weighted by Gasteiger charge is 2.08. The van der Waals surface area contributed by atoms with Gasteiger partial charge in [0, 0.05) is 38.7 Å². The van der Waals surface area contributed by atoms with Crippen LogP contribution in [-0.4, -0.2) is 0 Å². The minimum Gasteiger partial charge on any atom is -0.489 e. The predicted octanol–water partition coefficient (Wildman–Crippen LogP) is 6.76. The second kappa shape index (κ2) is 9.56. The van der Waals surface area contributed by atoms with Crippen molar-refractivity contribution in [3.8, 4) is 5.75 Å². The summed E-state index contributed by atoms with van der Waals surface area (Å²) in [6.45, 7) is 1.60. The number of halogens is 4. The van der Waals surface area contributed by atoms with Crippen LogP contribution in [0.1, 0.15) is 16.7 Å². The normalized spacial score (nSPS) is 10.8. The average Bonchev–Trinajstić information content (AvgIpc) is 2.64. The molecular formula is C21H17BrCl2FNO. The standard InChI is InChI=1S/C21H17BrCl2FNO/c22-17-4-8-21(27-13-15-3-5-18(23)10-20(15)24)16(9-17)12-26-11-14-1-6-19(25)7-2-14/h1-10,26H,11-13H2. The fraction of sp³-hybridized carbons (Fsp3) is 0.143. The number of rotatable bonds is 7. The van der Waals surface area contributed by atoms with Crippen molar-refractivity contribution in [2.45, 2.75) is 19.7 Å². The summed E-state index contributed by atoms with van der Waals surface area (Å²) in [5, 5.41) is 4.53. The Balaban J connectivity index is 1.64. The van der Waals surface area contributed by atoms with Crippen LogP contribution in [0.2, 0.25) is 10.0 Å². The summed E-state index contributed by atoms with van der Waals surface area (Å²) in [5.74, 6) is 0.540. The summed E-state index contributed by atoms with van der Waals surface area (Å²) >= 11 is 15.6. The molecule has 3 aromatic rings. The molecule has 6 heteroatoms. The van der Waals surface area contributed by atoms with Crippen molar-refractivity contribution < 1.29 is 9.13 Å². The number of nitrogens with one attached hydrogen (secondary N) is 1. The molecule has 27 heavy (non-hydrogen) atoms. The Morgan fingerprint density at radius 2 is 1.67 bits per heavy atom. The van der Waals surface area contributed by atoms with E-state index in [-0.39, 0.29) is 5.82 Å². The van der Waals surface area contributed by atoms with Crippen LogP contribution in [0.25, 0.3) is 0 Å². The first-order chi connectivity index (χ1) is 13.0. The first kappa shape index (κ1) is 20.2. The van der Waals surface area contributed by atoms with Crippen molar-refractivity contribution in [2.24, 2.45) is 0 Å². The lowest BCUT2D eigenvalue weighted by atomic mass is 10.1. The third-order valence-electron chi connectivity index (χ3n) is 3.98. The first-order valence-electron chi connectivity index (χ1n) is 8.31. The molecule has 3 aromatic carbocycles. The predicted molar refractivity (Wildman–Crippen MR) is 112 cm³/mol. The Hall–Kier alpha value is -1.59. The van der Waals surface area contributed by atoms with E-state index in [0.717, 1.165) is 26.9 Å². The van der Waals surface area contributed by atoms with Gasteiger partial charge < -0.3 is 10.1 Å². The molecule has 0 fully saturated rings.